The van der Waals surface area contributed by atoms with Crippen LogP contribution in [0.15, 0.2) is 29.2 Å². The summed E-state index contributed by atoms with van der Waals surface area (Å²) in [4.78, 5) is 3.59. The summed E-state index contributed by atoms with van der Waals surface area (Å²) in [6, 6.07) is 8.92. The lowest BCUT2D eigenvalue weighted by Gasteiger charge is -2.20. The average molecular weight is 267 g/mol. The van der Waals surface area contributed by atoms with Crippen LogP contribution < -0.4 is 11.5 Å². The Balaban J connectivity index is 2.34. The van der Waals surface area contributed by atoms with Crippen molar-refractivity contribution in [2.75, 3.05) is 32.4 Å². The SMILES string of the molecule is CCSc1ccc(CCN(C)CC(N)CN)cc1. The number of nitrogens with zero attached hydrogens (tertiary/aromatic N) is 1. The van der Waals surface area contributed by atoms with Crippen molar-refractivity contribution in [1.29, 1.82) is 0 Å². The molecule has 1 aromatic rings. The Kier molecular flexibility index (Phi) is 7.35. The number of rotatable bonds is 8. The van der Waals surface area contributed by atoms with Crippen molar-refractivity contribution in [2.24, 2.45) is 11.5 Å². The number of benzene rings is 1. The van der Waals surface area contributed by atoms with Crippen molar-refractivity contribution in [3.05, 3.63) is 29.8 Å². The summed E-state index contributed by atoms with van der Waals surface area (Å²) >= 11 is 1.88. The Morgan fingerprint density at radius 3 is 2.50 bits per heavy atom. The highest BCUT2D eigenvalue weighted by Crippen LogP contribution is 2.17. The fourth-order valence-electron chi connectivity index (χ4n) is 1.81. The topological polar surface area (TPSA) is 55.3 Å². The average Bonchev–Trinajstić information content (AvgIpc) is 2.38. The molecular weight excluding hydrogens is 242 g/mol. The molecule has 1 atom stereocenters. The molecule has 1 rings (SSSR count). The molecular formula is C14H25N3S. The highest BCUT2D eigenvalue weighted by atomic mass is 32.2. The summed E-state index contributed by atoms with van der Waals surface area (Å²) in [5.74, 6) is 1.12. The normalized spacial score (nSPS) is 12.9. The van der Waals surface area contributed by atoms with E-state index in [1.807, 2.05) is 11.8 Å². The third-order valence-electron chi connectivity index (χ3n) is 2.87. The maximum absolute atomic E-state index is 5.83. The van der Waals surface area contributed by atoms with Gasteiger partial charge in [0, 0.05) is 30.6 Å². The molecule has 0 amide bonds. The molecule has 0 aliphatic carbocycles. The van der Waals surface area contributed by atoms with Crippen molar-refractivity contribution >= 4 is 11.8 Å². The third kappa shape index (κ3) is 5.87. The smallest absolute Gasteiger partial charge is 0.0292 e. The summed E-state index contributed by atoms with van der Waals surface area (Å²) in [5, 5.41) is 0. The molecule has 0 spiro atoms. The second kappa shape index (κ2) is 8.53. The molecule has 0 saturated carbocycles. The summed E-state index contributed by atoms with van der Waals surface area (Å²) in [7, 11) is 2.09. The minimum absolute atomic E-state index is 0.0818. The first kappa shape index (κ1) is 15.5. The van der Waals surface area contributed by atoms with Gasteiger partial charge in [0.05, 0.1) is 0 Å². The lowest BCUT2D eigenvalue weighted by molar-refractivity contribution is 0.316. The van der Waals surface area contributed by atoms with Gasteiger partial charge in [0.25, 0.3) is 0 Å². The molecule has 102 valence electrons. The maximum Gasteiger partial charge on any atom is 0.0292 e. The highest BCUT2D eigenvalue weighted by Gasteiger charge is 2.05. The minimum atomic E-state index is 0.0818. The number of nitrogens with two attached hydrogens (primary N) is 2. The summed E-state index contributed by atoms with van der Waals surface area (Å²) in [6.07, 6.45) is 1.06. The Morgan fingerprint density at radius 1 is 1.28 bits per heavy atom. The van der Waals surface area contributed by atoms with E-state index in [0.717, 1.165) is 25.3 Å². The third-order valence-corrected chi connectivity index (χ3v) is 3.76. The van der Waals surface area contributed by atoms with E-state index in [-0.39, 0.29) is 6.04 Å². The van der Waals surface area contributed by atoms with Crippen molar-refractivity contribution < 1.29 is 0 Å². The van der Waals surface area contributed by atoms with E-state index in [4.69, 9.17) is 11.5 Å². The molecule has 0 radical (unpaired) electrons. The van der Waals surface area contributed by atoms with Crippen LogP contribution in [0.25, 0.3) is 0 Å². The fraction of sp³-hybridized carbons (Fsp3) is 0.571. The van der Waals surface area contributed by atoms with E-state index in [1.54, 1.807) is 0 Å². The molecule has 0 aliphatic heterocycles. The standard InChI is InChI=1S/C14H25N3S/c1-3-18-14-6-4-12(5-7-14)8-9-17(2)11-13(16)10-15/h4-7,13H,3,8-11,15-16H2,1-2H3. The van der Waals surface area contributed by atoms with Gasteiger partial charge >= 0.3 is 0 Å². The summed E-state index contributed by atoms with van der Waals surface area (Å²) < 4.78 is 0. The predicted molar refractivity (Wildman–Crippen MR) is 81.1 cm³/mol. The van der Waals surface area contributed by atoms with E-state index in [1.165, 1.54) is 10.5 Å². The lowest BCUT2D eigenvalue weighted by Crippen LogP contribution is -2.41. The van der Waals surface area contributed by atoms with Crippen molar-refractivity contribution in [2.45, 2.75) is 24.3 Å². The van der Waals surface area contributed by atoms with Crippen LogP contribution in [-0.4, -0.2) is 43.4 Å². The van der Waals surface area contributed by atoms with Crippen LogP contribution in [0.2, 0.25) is 0 Å². The molecule has 0 bridgehead atoms. The van der Waals surface area contributed by atoms with Crippen LogP contribution in [0.3, 0.4) is 0 Å². The lowest BCUT2D eigenvalue weighted by atomic mass is 10.1. The zero-order chi connectivity index (χ0) is 13.4. The van der Waals surface area contributed by atoms with Crippen LogP contribution in [-0.2, 0) is 6.42 Å². The molecule has 0 aliphatic rings. The van der Waals surface area contributed by atoms with Gasteiger partial charge in [-0.2, -0.15) is 0 Å². The van der Waals surface area contributed by atoms with E-state index in [0.29, 0.717) is 6.54 Å². The van der Waals surface area contributed by atoms with Gasteiger partial charge in [-0.3, -0.25) is 0 Å². The van der Waals surface area contributed by atoms with Gasteiger partial charge in [0.2, 0.25) is 0 Å². The van der Waals surface area contributed by atoms with Gasteiger partial charge in [-0.05, 0) is 36.9 Å². The zero-order valence-electron chi connectivity index (χ0n) is 11.4. The molecule has 1 unspecified atom stereocenters. The molecule has 18 heavy (non-hydrogen) atoms. The maximum atomic E-state index is 5.83. The fourth-order valence-corrected chi connectivity index (χ4v) is 2.47. The molecule has 0 fully saturated rings. The van der Waals surface area contributed by atoms with Gasteiger partial charge in [-0.1, -0.05) is 19.1 Å². The summed E-state index contributed by atoms with van der Waals surface area (Å²) in [6.45, 7) is 4.61. The van der Waals surface area contributed by atoms with E-state index in [9.17, 15) is 0 Å². The summed E-state index contributed by atoms with van der Waals surface area (Å²) in [5.41, 5.74) is 12.7. The van der Waals surface area contributed by atoms with Crippen molar-refractivity contribution in [3.63, 3.8) is 0 Å². The van der Waals surface area contributed by atoms with Crippen LogP contribution in [0.4, 0.5) is 0 Å². The Hall–Kier alpha value is -0.550. The first-order valence-electron chi connectivity index (χ1n) is 6.51. The number of likely N-dealkylation sites (N-methyl/N-ethyl adjacent to an activating group) is 1. The first-order chi connectivity index (χ1) is 8.65. The second-order valence-corrected chi connectivity index (χ2v) is 5.92. The molecule has 3 nitrogen and oxygen atoms in total. The van der Waals surface area contributed by atoms with Crippen LogP contribution >= 0.6 is 11.8 Å². The molecule has 0 aromatic heterocycles. The largest absolute Gasteiger partial charge is 0.329 e. The quantitative estimate of drug-likeness (QED) is 0.702. The molecule has 4 N–H and O–H groups in total. The van der Waals surface area contributed by atoms with E-state index in [2.05, 4.69) is 43.1 Å². The number of thioether (sulfide) groups is 1. The van der Waals surface area contributed by atoms with Crippen LogP contribution in [0.1, 0.15) is 12.5 Å². The van der Waals surface area contributed by atoms with Crippen LogP contribution in [0.5, 0.6) is 0 Å². The number of hydrogen-bond acceptors (Lipinski definition) is 4. The van der Waals surface area contributed by atoms with Gasteiger partial charge < -0.3 is 16.4 Å². The Labute approximate surface area is 115 Å². The van der Waals surface area contributed by atoms with Gasteiger partial charge in [0.15, 0.2) is 0 Å². The molecule has 1 aromatic carbocycles. The highest BCUT2D eigenvalue weighted by molar-refractivity contribution is 7.99. The first-order valence-corrected chi connectivity index (χ1v) is 7.50. The molecule has 0 heterocycles. The van der Waals surface area contributed by atoms with Gasteiger partial charge in [0.1, 0.15) is 0 Å². The van der Waals surface area contributed by atoms with Gasteiger partial charge in [-0.25, -0.2) is 0 Å². The minimum Gasteiger partial charge on any atom is -0.329 e. The zero-order valence-corrected chi connectivity index (χ0v) is 12.2. The second-order valence-electron chi connectivity index (χ2n) is 4.58. The molecule has 0 saturated heterocycles. The predicted octanol–water partition coefficient (Wildman–Crippen LogP) is 1.56. The van der Waals surface area contributed by atoms with E-state index >= 15 is 0 Å². The number of hydrogen-bond donors (Lipinski definition) is 2. The van der Waals surface area contributed by atoms with Crippen LogP contribution in [0, 0.1) is 0 Å². The monoisotopic (exact) mass is 267 g/mol. The van der Waals surface area contributed by atoms with Crippen molar-refractivity contribution in [3.8, 4) is 0 Å². The van der Waals surface area contributed by atoms with Crippen molar-refractivity contribution in [1.82, 2.24) is 4.90 Å². The van der Waals surface area contributed by atoms with E-state index < -0.39 is 0 Å². The van der Waals surface area contributed by atoms with Gasteiger partial charge in [-0.15, -0.1) is 11.8 Å². The Morgan fingerprint density at radius 2 is 1.94 bits per heavy atom. The molecule has 4 heteroatoms. The Bertz CT molecular complexity index is 326.